The van der Waals surface area contributed by atoms with E-state index < -0.39 is 0 Å². The molecule has 5 aromatic rings. The fourth-order valence-electron chi connectivity index (χ4n) is 4.25. The van der Waals surface area contributed by atoms with Crippen molar-refractivity contribution >= 4 is 39.1 Å². The average Bonchev–Trinajstić information content (AvgIpc) is 2.92. The largest absolute Gasteiger partial charge is 0.351 e. The lowest BCUT2D eigenvalue weighted by molar-refractivity contribution is 0.0947. The molecule has 0 fully saturated rings. The Kier molecular flexibility index (Phi) is 7.07. The van der Waals surface area contributed by atoms with E-state index in [0.717, 1.165) is 10.8 Å². The number of fused-ring (bicyclic) bond motifs is 2. The van der Waals surface area contributed by atoms with Crippen molar-refractivity contribution in [2.75, 3.05) is 13.1 Å². The van der Waals surface area contributed by atoms with Gasteiger partial charge in [0.25, 0.3) is 17.0 Å². The summed E-state index contributed by atoms with van der Waals surface area (Å²) >= 11 is 5.92. The van der Waals surface area contributed by atoms with Crippen LogP contribution in [0.15, 0.2) is 82.4 Å². The van der Waals surface area contributed by atoms with Crippen molar-refractivity contribution in [3.8, 4) is 0 Å². The highest BCUT2D eigenvalue weighted by atomic mass is 35.5. The van der Waals surface area contributed by atoms with Crippen LogP contribution < -0.4 is 16.4 Å². The van der Waals surface area contributed by atoms with Crippen LogP contribution in [-0.4, -0.2) is 44.3 Å². The van der Waals surface area contributed by atoms with Crippen molar-refractivity contribution < 1.29 is 4.79 Å². The lowest BCUT2D eigenvalue weighted by Gasteiger charge is -2.23. The number of carbonyl (C=O) groups is 1. The first-order valence-electron chi connectivity index (χ1n) is 11.7. The molecule has 2 aromatic heterocycles. The molecule has 2 heterocycles. The normalized spacial score (nSPS) is 11.3. The highest BCUT2D eigenvalue weighted by Crippen LogP contribution is 2.18. The maximum absolute atomic E-state index is 12.6. The van der Waals surface area contributed by atoms with E-state index in [2.05, 4.69) is 30.6 Å². The molecule has 0 atom stereocenters. The fourth-order valence-corrected chi connectivity index (χ4v) is 4.38. The van der Waals surface area contributed by atoms with E-state index in [9.17, 15) is 14.4 Å². The first-order valence-corrected chi connectivity index (χ1v) is 12.1. The molecule has 0 spiro atoms. The molecule has 0 aliphatic carbocycles. The number of H-pyrrole nitrogens is 2. The molecule has 0 radical (unpaired) electrons. The Hall–Kier alpha value is -4.34. The van der Waals surface area contributed by atoms with Crippen molar-refractivity contribution in [1.29, 1.82) is 0 Å². The smallest absolute Gasteiger partial charge is 0.272 e. The third-order valence-corrected chi connectivity index (χ3v) is 6.37. The SMILES string of the molecule is O=C(NCCN(Cc1n[nH]c(=O)c2ccccc12)Cc1n[nH]c(=O)c2ccccc12)c1ccc(Cl)cc1. The summed E-state index contributed by atoms with van der Waals surface area (Å²) in [5, 5.41) is 19.9. The molecule has 0 bridgehead atoms. The van der Waals surface area contributed by atoms with Crippen LogP contribution in [0.2, 0.25) is 5.02 Å². The van der Waals surface area contributed by atoms with Crippen LogP contribution in [0.5, 0.6) is 0 Å². The van der Waals surface area contributed by atoms with Gasteiger partial charge in [-0.05, 0) is 36.4 Å². The zero-order valence-electron chi connectivity index (χ0n) is 19.7. The Morgan fingerprint density at radius 3 is 1.76 bits per heavy atom. The molecule has 0 saturated carbocycles. The summed E-state index contributed by atoms with van der Waals surface area (Å²) in [6.07, 6.45) is 0. The number of nitrogens with one attached hydrogen (secondary N) is 3. The van der Waals surface area contributed by atoms with Gasteiger partial charge in [0.15, 0.2) is 0 Å². The van der Waals surface area contributed by atoms with Crippen molar-refractivity contribution in [1.82, 2.24) is 30.6 Å². The highest BCUT2D eigenvalue weighted by molar-refractivity contribution is 6.30. The van der Waals surface area contributed by atoms with Crippen LogP contribution in [0, 0.1) is 0 Å². The number of halogens is 1. The van der Waals surface area contributed by atoms with Crippen molar-refractivity contribution in [2.24, 2.45) is 0 Å². The van der Waals surface area contributed by atoms with Crippen LogP contribution in [0.3, 0.4) is 0 Å². The molecule has 1 amide bonds. The monoisotopic (exact) mass is 514 g/mol. The molecule has 3 aromatic carbocycles. The summed E-state index contributed by atoms with van der Waals surface area (Å²) in [7, 11) is 0. The molecule has 0 aliphatic rings. The number of amides is 1. The van der Waals surface area contributed by atoms with Crippen molar-refractivity contribution in [3.05, 3.63) is 115 Å². The standard InChI is InChI=1S/C27H23ClN6O3/c28-18-11-9-17(10-12-18)25(35)29-13-14-34(15-23-19-5-1-3-7-21(19)26(36)32-30-23)16-24-20-6-2-4-8-22(20)27(37)33-31-24/h1-12H,13-16H2,(H,29,35)(H,32,36)(H,33,37). The summed E-state index contributed by atoms with van der Waals surface area (Å²) in [6.45, 7) is 1.57. The first kappa shape index (κ1) is 24.4. The van der Waals surface area contributed by atoms with E-state index in [-0.39, 0.29) is 17.0 Å². The molecule has 0 aliphatic heterocycles. The van der Waals surface area contributed by atoms with Gasteiger partial charge in [-0.25, -0.2) is 10.2 Å². The van der Waals surface area contributed by atoms with Gasteiger partial charge in [0.2, 0.25) is 0 Å². The summed E-state index contributed by atoms with van der Waals surface area (Å²) < 4.78 is 0. The van der Waals surface area contributed by atoms with E-state index >= 15 is 0 Å². The first-order chi connectivity index (χ1) is 18.0. The number of carbonyl (C=O) groups excluding carboxylic acids is 1. The second-order valence-corrected chi connectivity index (χ2v) is 9.00. The zero-order chi connectivity index (χ0) is 25.8. The Morgan fingerprint density at radius 2 is 1.24 bits per heavy atom. The summed E-state index contributed by atoms with van der Waals surface area (Å²) in [4.78, 5) is 39.2. The van der Waals surface area contributed by atoms with Crippen LogP contribution in [-0.2, 0) is 13.1 Å². The van der Waals surface area contributed by atoms with Gasteiger partial charge in [-0.3, -0.25) is 19.3 Å². The van der Waals surface area contributed by atoms with E-state index in [0.29, 0.717) is 58.9 Å². The fraction of sp³-hybridized carbons (Fsp3) is 0.148. The lowest BCUT2D eigenvalue weighted by Crippen LogP contribution is -2.35. The molecule has 0 saturated heterocycles. The maximum Gasteiger partial charge on any atom is 0.272 e. The van der Waals surface area contributed by atoms with Gasteiger partial charge in [0.1, 0.15) is 0 Å². The molecule has 186 valence electrons. The number of rotatable bonds is 8. The Bertz CT molecular complexity index is 1600. The molecule has 9 nitrogen and oxygen atoms in total. The third-order valence-electron chi connectivity index (χ3n) is 6.12. The van der Waals surface area contributed by atoms with Gasteiger partial charge in [-0.15, -0.1) is 0 Å². The predicted octanol–water partition coefficient (Wildman–Crippen LogP) is 3.25. The number of aromatic nitrogens is 4. The third kappa shape index (κ3) is 5.42. The quantitative estimate of drug-likeness (QED) is 0.292. The van der Waals surface area contributed by atoms with Gasteiger partial charge in [-0.1, -0.05) is 48.0 Å². The summed E-state index contributed by atoms with van der Waals surface area (Å²) in [5.41, 5.74) is 1.38. The average molecular weight is 515 g/mol. The van der Waals surface area contributed by atoms with Gasteiger partial charge in [0, 0.05) is 47.5 Å². The molecular formula is C27H23ClN6O3. The number of hydrogen-bond donors (Lipinski definition) is 3. The van der Waals surface area contributed by atoms with Gasteiger partial charge >= 0.3 is 0 Å². The van der Waals surface area contributed by atoms with Crippen molar-refractivity contribution in [2.45, 2.75) is 13.1 Å². The van der Waals surface area contributed by atoms with Gasteiger partial charge in [0.05, 0.1) is 22.2 Å². The van der Waals surface area contributed by atoms with E-state index in [1.54, 1.807) is 36.4 Å². The van der Waals surface area contributed by atoms with Crippen LogP contribution in [0.4, 0.5) is 0 Å². The maximum atomic E-state index is 12.6. The van der Waals surface area contributed by atoms with E-state index in [1.807, 2.05) is 36.4 Å². The summed E-state index contributed by atoms with van der Waals surface area (Å²) in [5.74, 6) is -0.211. The summed E-state index contributed by atoms with van der Waals surface area (Å²) in [6, 6.07) is 21.3. The highest BCUT2D eigenvalue weighted by Gasteiger charge is 2.16. The second kappa shape index (κ2) is 10.7. The Morgan fingerprint density at radius 1 is 0.757 bits per heavy atom. The van der Waals surface area contributed by atoms with Crippen LogP contribution >= 0.6 is 11.6 Å². The topological polar surface area (TPSA) is 124 Å². The molecule has 5 rings (SSSR count). The van der Waals surface area contributed by atoms with Crippen molar-refractivity contribution in [3.63, 3.8) is 0 Å². The number of aromatic amines is 2. The zero-order valence-corrected chi connectivity index (χ0v) is 20.5. The lowest BCUT2D eigenvalue weighted by atomic mass is 10.1. The minimum atomic E-state index is -0.255. The second-order valence-electron chi connectivity index (χ2n) is 8.56. The predicted molar refractivity (Wildman–Crippen MR) is 143 cm³/mol. The Labute approximate surface area is 216 Å². The van der Waals surface area contributed by atoms with Crippen LogP contribution in [0.1, 0.15) is 21.7 Å². The molecule has 10 heteroatoms. The minimum Gasteiger partial charge on any atom is -0.351 e. The van der Waals surface area contributed by atoms with Gasteiger partial charge < -0.3 is 5.32 Å². The molecule has 0 unspecified atom stereocenters. The molecular weight excluding hydrogens is 492 g/mol. The molecule has 3 N–H and O–H groups in total. The van der Waals surface area contributed by atoms with Crippen LogP contribution in [0.25, 0.3) is 21.5 Å². The van der Waals surface area contributed by atoms with E-state index in [1.165, 1.54) is 0 Å². The minimum absolute atomic E-state index is 0.211. The number of benzene rings is 3. The number of nitrogens with zero attached hydrogens (tertiary/aromatic N) is 3. The Balaban J connectivity index is 1.41. The van der Waals surface area contributed by atoms with Gasteiger partial charge in [-0.2, -0.15) is 10.2 Å². The molecule has 37 heavy (non-hydrogen) atoms. The number of hydrogen-bond acceptors (Lipinski definition) is 6. The van der Waals surface area contributed by atoms with E-state index in [4.69, 9.17) is 11.6 Å².